The van der Waals surface area contributed by atoms with Crippen molar-refractivity contribution in [2.75, 3.05) is 32.8 Å². The number of aliphatic hydroxyl groups excluding tert-OH is 1. The second-order valence-corrected chi connectivity index (χ2v) is 9.44. The fourth-order valence-corrected chi connectivity index (χ4v) is 5.69. The van der Waals surface area contributed by atoms with Crippen molar-refractivity contribution in [1.29, 1.82) is 0 Å². The summed E-state index contributed by atoms with van der Waals surface area (Å²) in [6, 6.07) is -0.814. The Morgan fingerprint density at radius 2 is 1.91 bits per heavy atom. The molecule has 2 saturated heterocycles. The summed E-state index contributed by atoms with van der Waals surface area (Å²) in [6.07, 6.45) is 12.6. The van der Waals surface area contributed by atoms with Gasteiger partial charge in [-0.3, -0.25) is 14.4 Å². The maximum Gasteiger partial charge on any atom is 0.312 e. The van der Waals surface area contributed by atoms with Crippen LogP contribution >= 0.6 is 0 Å². The van der Waals surface area contributed by atoms with Gasteiger partial charge < -0.3 is 24.4 Å². The topological polar surface area (TPSA) is 96.4 Å². The molecule has 0 radical (unpaired) electrons. The summed E-state index contributed by atoms with van der Waals surface area (Å²) < 4.78 is 12.0. The number of esters is 1. The summed E-state index contributed by atoms with van der Waals surface area (Å²) in [5, 5.41) is 9.25. The molecular weight excluding hydrogens is 424 g/mol. The summed E-state index contributed by atoms with van der Waals surface area (Å²) in [6.45, 7) is 3.89. The minimum absolute atomic E-state index is 0.0244. The number of carbonyl (C=O) groups is 3. The monoisotopic (exact) mass is 460 g/mol. The van der Waals surface area contributed by atoms with E-state index < -0.39 is 35.6 Å². The predicted molar refractivity (Wildman–Crippen MR) is 121 cm³/mol. The van der Waals surface area contributed by atoms with Crippen LogP contribution in [0.5, 0.6) is 0 Å². The van der Waals surface area contributed by atoms with Gasteiger partial charge in [0.2, 0.25) is 11.8 Å². The minimum Gasteiger partial charge on any atom is -0.465 e. The van der Waals surface area contributed by atoms with Gasteiger partial charge in [-0.25, -0.2) is 0 Å². The van der Waals surface area contributed by atoms with Crippen LogP contribution in [0.1, 0.15) is 51.9 Å². The van der Waals surface area contributed by atoms with E-state index in [-0.39, 0.29) is 18.4 Å². The van der Waals surface area contributed by atoms with Crippen LogP contribution in [0.3, 0.4) is 0 Å². The second-order valence-electron chi connectivity index (χ2n) is 9.44. The van der Waals surface area contributed by atoms with E-state index in [0.717, 1.165) is 32.1 Å². The van der Waals surface area contributed by atoms with Crippen molar-refractivity contribution in [2.24, 2.45) is 11.8 Å². The van der Waals surface area contributed by atoms with E-state index in [2.05, 4.69) is 6.92 Å². The van der Waals surface area contributed by atoms with Gasteiger partial charge >= 0.3 is 5.97 Å². The maximum absolute atomic E-state index is 13.9. The summed E-state index contributed by atoms with van der Waals surface area (Å²) in [5.41, 5.74) is -1.19. The lowest BCUT2D eigenvalue weighted by molar-refractivity contribution is -0.154. The quantitative estimate of drug-likeness (QED) is 0.337. The number of ether oxygens (including phenoxy) is 2. The number of rotatable bonds is 8. The number of allylic oxidation sites excluding steroid dienone is 1. The van der Waals surface area contributed by atoms with Crippen LogP contribution in [0.15, 0.2) is 24.3 Å². The maximum atomic E-state index is 13.9. The van der Waals surface area contributed by atoms with E-state index in [9.17, 15) is 19.5 Å². The van der Waals surface area contributed by atoms with Gasteiger partial charge in [0.05, 0.1) is 18.6 Å². The van der Waals surface area contributed by atoms with Crippen molar-refractivity contribution in [3.63, 3.8) is 0 Å². The third-order valence-corrected chi connectivity index (χ3v) is 7.27. The van der Waals surface area contributed by atoms with E-state index in [0.29, 0.717) is 39.1 Å². The van der Waals surface area contributed by atoms with Crippen LogP contribution in [0.4, 0.5) is 0 Å². The zero-order chi connectivity index (χ0) is 23.4. The molecule has 182 valence electrons. The summed E-state index contributed by atoms with van der Waals surface area (Å²) in [7, 11) is 0. The average Bonchev–Trinajstić information content (AvgIpc) is 3.21. The van der Waals surface area contributed by atoms with Gasteiger partial charge in [0.25, 0.3) is 0 Å². The number of likely N-dealkylation sites (tertiary alicyclic amines) is 1. The first-order valence-corrected chi connectivity index (χ1v) is 12.4. The Hall–Kier alpha value is -2.19. The predicted octanol–water partition coefficient (Wildman–Crippen LogP) is 1.82. The Morgan fingerprint density at radius 3 is 2.70 bits per heavy atom. The molecule has 1 unspecified atom stereocenters. The molecule has 0 saturated carbocycles. The third kappa shape index (κ3) is 4.35. The molecule has 1 spiro atoms. The first-order chi connectivity index (χ1) is 16.0. The summed E-state index contributed by atoms with van der Waals surface area (Å²) in [4.78, 5) is 44.1. The van der Waals surface area contributed by atoms with Crippen LogP contribution in [0, 0.1) is 11.8 Å². The van der Waals surface area contributed by atoms with Crippen LogP contribution < -0.4 is 0 Å². The number of aliphatic hydroxyl groups is 1. The van der Waals surface area contributed by atoms with Crippen LogP contribution in [-0.2, 0) is 23.9 Å². The summed E-state index contributed by atoms with van der Waals surface area (Å²) in [5.74, 6) is -2.36. The molecule has 1 N–H and O–H groups in total. The first kappa shape index (κ1) is 24.0. The van der Waals surface area contributed by atoms with E-state index in [1.807, 2.05) is 29.2 Å². The normalized spacial score (nSPS) is 34.7. The van der Waals surface area contributed by atoms with Crippen molar-refractivity contribution in [1.82, 2.24) is 9.80 Å². The van der Waals surface area contributed by atoms with Crippen molar-refractivity contribution >= 4 is 17.8 Å². The zero-order valence-electron chi connectivity index (χ0n) is 19.5. The fourth-order valence-electron chi connectivity index (χ4n) is 5.69. The van der Waals surface area contributed by atoms with Gasteiger partial charge in [0.1, 0.15) is 17.6 Å². The number of amides is 2. The molecule has 0 aromatic heterocycles. The largest absolute Gasteiger partial charge is 0.465 e. The zero-order valence-corrected chi connectivity index (χ0v) is 19.5. The van der Waals surface area contributed by atoms with Gasteiger partial charge in [-0.1, -0.05) is 44.1 Å². The average molecular weight is 461 g/mol. The van der Waals surface area contributed by atoms with Gasteiger partial charge in [-0.05, 0) is 32.1 Å². The van der Waals surface area contributed by atoms with Crippen LogP contribution in [-0.4, -0.2) is 83.3 Å². The highest BCUT2D eigenvalue weighted by atomic mass is 16.6. The Balaban J connectivity index is 1.72. The number of hydrogen-bond donors (Lipinski definition) is 1. The number of cyclic esters (lactones) is 1. The van der Waals surface area contributed by atoms with Crippen molar-refractivity contribution in [3.05, 3.63) is 24.3 Å². The molecule has 4 aliphatic heterocycles. The molecule has 33 heavy (non-hydrogen) atoms. The van der Waals surface area contributed by atoms with Crippen molar-refractivity contribution in [2.45, 2.75) is 69.6 Å². The summed E-state index contributed by atoms with van der Waals surface area (Å²) >= 11 is 0. The third-order valence-electron chi connectivity index (χ3n) is 7.27. The minimum atomic E-state index is -1.19. The number of carbonyl (C=O) groups excluding carboxylic acids is 3. The van der Waals surface area contributed by atoms with Gasteiger partial charge in [0.15, 0.2) is 0 Å². The standard InChI is InChI=1S/C25H36N2O6/c1-2-3-6-13-26-14-10-12-25-20(19-18(33-25)11-5-4-9-17-32-24(19)31)22(29)27(15-7-8-16-28)21(25)23(26)30/h5,10-12,18-21,28H,2-4,6-9,13-17H2,1H3/b11-5-/t18-,19+,20-,21?,25-/m0/s1. The molecule has 2 amide bonds. The fraction of sp³-hybridized carbons (Fsp3) is 0.720. The van der Waals surface area contributed by atoms with Gasteiger partial charge in [0, 0.05) is 26.2 Å². The van der Waals surface area contributed by atoms with Gasteiger partial charge in [-0.2, -0.15) is 0 Å². The van der Waals surface area contributed by atoms with E-state index in [1.54, 1.807) is 4.90 Å². The Bertz CT molecular complexity index is 811. The first-order valence-electron chi connectivity index (χ1n) is 12.4. The second kappa shape index (κ2) is 10.4. The highest BCUT2D eigenvalue weighted by molar-refractivity contribution is 5.99. The lowest BCUT2D eigenvalue weighted by Gasteiger charge is -2.35. The molecule has 0 aliphatic carbocycles. The molecule has 4 aliphatic rings. The number of hydrogen-bond acceptors (Lipinski definition) is 6. The molecule has 4 heterocycles. The Kier molecular flexibility index (Phi) is 7.54. The molecule has 0 aromatic rings. The SMILES string of the molecule is CCCCCN1CC=C[C@]23O[C@H]4/C=C\CCCOC(=O)[C@H]4[C@H]2C(=O)N(CCCCO)C3C1=O. The smallest absolute Gasteiger partial charge is 0.312 e. The lowest BCUT2D eigenvalue weighted by Crippen LogP contribution is -2.55. The van der Waals surface area contributed by atoms with Crippen LogP contribution in [0.25, 0.3) is 0 Å². The lowest BCUT2D eigenvalue weighted by atomic mass is 9.78. The van der Waals surface area contributed by atoms with E-state index in [1.165, 1.54) is 0 Å². The van der Waals surface area contributed by atoms with E-state index >= 15 is 0 Å². The highest BCUT2D eigenvalue weighted by Crippen LogP contribution is 2.53. The van der Waals surface area contributed by atoms with Crippen LogP contribution in [0.2, 0.25) is 0 Å². The highest BCUT2D eigenvalue weighted by Gasteiger charge is 2.71. The molecule has 5 atom stereocenters. The van der Waals surface area contributed by atoms with E-state index in [4.69, 9.17) is 9.47 Å². The molecule has 0 aromatic carbocycles. The van der Waals surface area contributed by atoms with Crippen molar-refractivity contribution < 1.29 is 29.0 Å². The number of nitrogens with zero attached hydrogens (tertiary/aromatic N) is 2. The molecular formula is C25H36N2O6. The van der Waals surface area contributed by atoms with Crippen molar-refractivity contribution in [3.8, 4) is 0 Å². The molecule has 2 fully saturated rings. The number of unbranched alkanes of at least 4 members (excludes halogenated alkanes) is 3. The number of fused-ring (bicyclic) bond motifs is 2. The van der Waals surface area contributed by atoms with Gasteiger partial charge in [-0.15, -0.1) is 0 Å². The Labute approximate surface area is 195 Å². The molecule has 8 nitrogen and oxygen atoms in total. The molecule has 8 heteroatoms. The molecule has 4 rings (SSSR count). The molecule has 0 bridgehead atoms. The Morgan fingerprint density at radius 1 is 1.09 bits per heavy atom.